The average Bonchev–Trinajstić information content (AvgIpc) is 2.84. The van der Waals surface area contributed by atoms with Crippen LogP contribution in [0.15, 0.2) is 23.1 Å². The third-order valence-electron chi connectivity index (χ3n) is 3.48. The second-order valence-corrected chi connectivity index (χ2v) is 8.17. The number of benzene rings is 1. The van der Waals surface area contributed by atoms with Gasteiger partial charge < -0.3 is 5.11 Å². The van der Waals surface area contributed by atoms with E-state index in [-0.39, 0.29) is 11.4 Å². The lowest BCUT2D eigenvalue weighted by Gasteiger charge is -2.22. The first-order valence-electron chi connectivity index (χ1n) is 6.67. The molecular formula is C14H21NO3S2. The average molecular weight is 315 g/mol. The Balaban J connectivity index is 2.11. The Morgan fingerprint density at radius 3 is 2.75 bits per heavy atom. The predicted molar refractivity (Wildman–Crippen MR) is 82.7 cm³/mol. The van der Waals surface area contributed by atoms with Crippen LogP contribution in [0.25, 0.3) is 0 Å². The van der Waals surface area contributed by atoms with E-state index in [4.69, 9.17) is 0 Å². The standard InChI is InChI=1S/C14H21NO3S2/c1-14(16,10-19-2)9-15-20(17,18)13-7-6-11-4-3-5-12(11)8-13/h6-8,15-16H,3-5,9-10H2,1-2H3/t14-/m1/s1. The van der Waals surface area contributed by atoms with Crippen LogP contribution < -0.4 is 4.72 Å². The Morgan fingerprint density at radius 2 is 2.05 bits per heavy atom. The molecule has 1 aliphatic carbocycles. The van der Waals surface area contributed by atoms with Gasteiger partial charge in [-0.3, -0.25) is 0 Å². The first-order valence-corrected chi connectivity index (χ1v) is 9.54. The maximum Gasteiger partial charge on any atom is 0.240 e. The Kier molecular flexibility index (Phi) is 4.79. The summed E-state index contributed by atoms with van der Waals surface area (Å²) in [6.07, 6.45) is 4.95. The number of sulfonamides is 1. The smallest absolute Gasteiger partial charge is 0.240 e. The quantitative estimate of drug-likeness (QED) is 0.836. The molecule has 0 amide bonds. The number of hydrogen-bond acceptors (Lipinski definition) is 4. The number of aryl methyl sites for hydroxylation is 2. The summed E-state index contributed by atoms with van der Waals surface area (Å²) in [5.74, 6) is 0.486. The molecule has 0 aromatic heterocycles. The monoisotopic (exact) mass is 315 g/mol. The zero-order valence-corrected chi connectivity index (χ0v) is 13.5. The number of thioether (sulfide) groups is 1. The van der Waals surface area contributed by atoms with Crippen LogP contribution in [-0.4, -0.2) is 37.7 Å². The van der Waals surface area contributed by atoms with Gasteiger partial charge in [0.25, 0.3) is 0 Å². The van der Waals surface area contributed by atoms with Gasteiger partial charge in [-0.15, -0.1) is 0 Å². The van der Waals surface area contributed by atoms with Gasteiger partial charge in [0.1, 0.15) is 0 Å². The zero-order valence-electron chi connectivity index (χ0n) is 11.8. The number of hydrogen-bond donors (Lipinski definition) is 2. The van der Waals surface area contributed by atoms with E-state index in [9.17, 15) is 13.5 Å². The van der Waals surface area contributed by atoms with E-state index < -0.39 is 15.6 Å². The van der Waals surface area contributed by atoms with Crippen molar-refractivity contribution in [2.75, 3.05) is 18.6 Å². The molecule has 1 aliphatic rings. The lowest BCUT2D eigenvalue weighted by molar-refractivity contribution is 0.0908. The van der Waals surface area contributed by atoms with E-state index in [0.717, 1.165) is 24.8 Å². The third kappa shape index (κ3) is 3.75. The maximum absolute atomic E-state index is 12.3. The highest BCUT2D eigenvalue weighted by molar-refractivity contribution is 7.98. The fraction of sp³-hybridized carbons (Fsp3) is 0.571. The van der Waals surface area contributed by atoms with Gasteiger partial charge in [0.2, 0.25) is 10.0 Å². The molecule has 1 aromatic carbocycles. The molecule has 0 radical (unpaired) electrons. The van der Waals surface area contributed by atoms with Crippen molar-refractivity contribution in [2.45, 2.75) is 36.7 Å². The molecule has 0 aliphatic heterocycles. The van der Waals surface area contributed by atoms with Gasteiger partial charge in [-0.05, 0) is 55.7 Å². The van der Waals surface area contributed by atoms with Crippen LogP contribution in [0.3, 0.4) is 0 Å². The molecule has 0 unspecified atom stereocenters. The van der Waals surface area contributed by atoms with Crippen LogP contribution in [0.5, 0.6) is 0 Å². The second kappa shape index (κ2) is 6.05. The molecule has 2 rings (SSSR count). The summed E-state index contributed by atoms with van der Waals surface area (Å²) in [5, 5.41) is 10.0. The summed E-state index contributed by atoms with van der Waals surface area (Å²) in [5.41, 5.74) is 1.34. The normalized spacial score (nSPS) is 17.8. The predicted octanol–water partition coefficient (Wildman–Crippen LogP) is 1.57. The Hall–Kier alpha value is -0.560. The highest BCUT2D eigenvalue weighted by Crippen LogP contribution is 2.24. The van der Waals surface area contributed by atoms with E-state index in [0.29, 0.717) is 5.75 Å². The molecule has 0 bridgehead atoms. The largest absolute Gasteiger partial charge is 0.388 e. The van der Waals surface area contributed by atoms with Crippen molar-refractivity contribution in [3.8, 4) is 0 Å². The molecule has 0 saturated carbocycles. The lowest BCUT2D eigenvalue weighted by atomic mass is 10.1. The highest BCUT2D eigenvalue weighted by Gasteiger charge is 2.24. The minimum atomic E-state index is -3.55. The van der Waals surface area contributed by atoms with Gasteiger partial charge >= 0.3 is 0 Å². The van der Waals surface area contributed by atoms with Crippen LogP contribution in [0, 0.1) is 0 Å². The molecule has 0 fully saturated rings. The Bertz CT molecular complexity index is 582. The Labute approximate surface area is 125 Å². The molecule has 1 aromatic rings. The minimum absolute atomic E-state index is 0.0211. The summed E-state index contributed by atoms with van der Waals surface area (Å²) >= 11 is 1.49. The van der Waals surface area contributed by atoms with E-state index >= 15 is 0 Å². The van der Waals surface area contributed by atoms with Gasteiger partial charge in [-0.1, -0.05) is 6.07 Å². The fourth-order valence-corrected chi connectivity index (χ4v) is 4.35. The van der Waals surface area contributed by atoms with Gasteiger partial charge in [-0.25, -0.2) is 13.1 Å². The molecule has 112 valence electrons. The zero-order chi connectivity index (χ0) is 14.8. The van der Waals surface area contributed by atoms with Crippen LogP contribution in [-0.2, 0) is 22.9 Å². The summed E-state index contributed by atoms with van der Waals surface area (Å²) in [4.78, 5) is 0.290. The van der Waals surface area contributed by atoms with Gasteiger partial charge in [0, 0.05) is 12.3 Å². The number of fused-ring (bicyclic) bond motifs is 1. The summed E-state index contributed by atoms with van der Waals surface area (Å²) in [7, 11) is -3.55. The number of aliphatic hydroxyl groups is 1. The number of nitrogens with one attached hydrogen (secondary N) is 1. The van der Waals surface area contributed by atoms with Crippen molar-refractivity contribution < 1.29 is 13.5 Å². The van der Waals surface area contributed by atoms with Crippen molar-refractivity contribution >= 4 is 21.8 Å². The maximum atomic E-state index is 12.3. The molecule has 0 heterocycles. The van der Waals surface area contributed by atoms with E-state index in [2.05, 4.69) is 4.72 Å². The van der Waals surface area contributed by atoms with Crippen LogP contribution in [0.2, 0.25) is 0 Å². The van der Waals surface area contributed by atoms with Crippen molar-refractivity contribution in [3.05, 3.63) is 29.3 Å². The molecular weight excluding hydrogens is 294 g/mol. The van der Waals surface area contributed by atoms with E-state index in [1.54, 1.807) is 19.1 Å². The van der Waals surface area contributed by atoms with E-state index in [1.165, 1.54) is 17.3 Å². The van der Waals surface area contributed by atoms with Crippen molar-refractivity contribution in [1.29, 1.82) is 0 Å². The van der Waals surface area contributed by atoms with Crippen LogP contribution in [0.4, 0.5) is 0 Å². The van der Waals surface area contributed by atoms with Crippen LogP contribution >= 0.6 is 11.8 Å². The molecule has 6 heteroatoms. The lowest BCUT2D eigenvalue weighted by Crippen LogP contribution is -2.42. The first-order chi connectivity index (χ1) is 9.34. The van der Waals surface area contributed by atoms with Crippen LogP contribution in [0.1, 0.15) is 24.5 Å². The van der Waals surface area contributed by atoms with Gasteiger partial charge in [-0.2, -0.15) is 11.8 Å². The topological polar surface area (TPSA) is 66.4 Å². The Morgan fingerprint density at radius 1 is 1.35 bits per heavy atom. The molecule has 0 saturated heterocycles. The van der Waals surface area contributed by atoms with Crippen molar-refractivity contribution in [2.24, 2.45) is 0 Å². The fourth-order valence-electron chi connectivity index (χ4n) is 2.41. The third-order valence-corrected chi connectivity index (χ3v) is 5.79. The molecule has 20 heavy (non-hydrogen) atoms. The van der Waals surface area contributed by atoms with Crippen molar-refractivity contribution in [3.63, 3.8) is 0 Å². The first kappa shape index (κ1) is 15.8. The van der Waals surface area contributed by atoms with Crippen molar-refractivity contribution in [1.82, 2.24) is 4.72 Å². The molecule has 4 nitrogen and oxygen atoms in total. The molecule has 1 atom stereocenters. The molecule has 0 spiro atoms. The summed E-state index contributed by atoms with van der Waals surface area (Å²) in [6.45, 7) is 1.65. The minimum Gasteiger partial charge on any atom is -0.388 e. The SMILES string of the molecule is CSC[C@](C)(O)CNS(=O)(=O)c1ccc2c(c1)CCC2. The summed E-state index contributed by atoms with van der Waals surface area (Å²) in [6, 6.07) is 5.31. The highest BCUT2D eigenvalue weighted by atomic mass is 32.2. The van der Waals surface area contributed by atoms with E-state index in [1.807, 2.05) is 12.3 Å². The summed E-state index contributed by atoms with van der Waals surface area (Å²) < 4.78 is 27.0. The number of rotatable bonds is 6. The molecule has 2 N–H and O–H groups in total. The van der Waals surface area contributed by atoms with Gasteiger partial charge in [0.15, 0.2) is 0 Å². The second-order valence-electron chi connectivity index (χ2n) is 5.54. The van der Waals surface area contributed by atoms with Gasteiger partial charge in [0.05, 0.1) is 10.5 Å².